The second kappa shape index (κ2) is 8.40. The molecule has 0 fully saturated rings. The molecule has 3 nitrogen and oxygen atoms in total. The zero-order valence-corrected chi connectivity index (χ0v) is 14.9. The second-order valence-corrected chi connectivity index (χ2v) is 6.05. The van der Waals surface area contributed by atoms with Crippen molar-refractivity contribution in [3.05, 3.63) is 58.6 Å². The molecule has 134 valence electrons. The number of nitrogens with one attached hydrogen (secondary N) is 2. The molecule has 0 saturated heterocycles. The number of aryl methyl sites for hydroxylation is 1. The Morgan fingerprint density at radius 2 is 1.84 bits per heavy atom. The molecule has 0 radical (unpaired) electrons. The van der Waals surface area contributed by atoms with Gasteiger partial charge in [-0.05, 0) is 49.5 Å². The van der Waals surface area contributed by atoms with Crippen molar-refractivity contribution in [2.24, 2.45) is 0 Å². The number of hydrogen-bond acceptors (Lipinski definition) is 2. The van der Waals surface area contributed by atoms with Crippen LogP contribution >= 0.6 is 23.8 Å². The smallest absolute Gasteiger partial charge is 0.417 e. The van der Waals surface area contributed by atoms with E-state index in [2.05, 4.69) is 10.6 Å². The van der Waals surface area contributed by atoms with Gasteiger partial charge in [-0.15, -0.1) is 0 Å². The molecular formula is C17H16ClF3N2OS. The van der Waals surface area contributed by atoms with E-state index in [0.717, 1.165) is 17.4 Å². The summed E-state index contributed by atoms with van der Waals surface area (Å²) in [6.07, 6.45) is -4.52. The minimum absolute atomic E-state index is 0.197. The molecule has 0 heterocycles. The van der Waals surface area contributed by atoms with E-state index >= 15 is 0 Å². The van der Waals surface area contributed by atoms with Crippen molar-refractivity contribution >= 4 is 34.6 Å². The van der Waals surface area contributed by atoms with Crippen LogP contribution in [0, 0.1) is 6.92 Å². The van der Waals surface area contributed by atoms with Crippen LogP contribution in [0.25, 0.3) is 0 Å². The number of halogens is 4. The van der Waals surface area contributed by atoms with Crippen LogP contribution in [-0.4, -0.2) is 18.3 Å². The summed E-state index contributed by atoms with van der Waals surface area (Å²) in [5.74, 6) is 0.735. The Bertz CT molecular complexity index is 736. The molecule has 2 aromatic carbocycles. The van der Waals surface area contributed by atoms with Crippen LogP contribution in [0.5, 0.6) is 5.75 Å². The number of rotatable bonds is 5. The zero-order valence-electron chi connectivity index (χ0n) is 13.3. The Morgan fingerprint density at radius 1 is 1.16 bits per heavy atom. The highest BCUT2D eigenvalue weighted by Crippen LogP contribution is 2.36. The second-order valence-electron chi connectivity index (χ2n) is 5.23. The lowest BCUT2D eigenvalue weighted by atomic mass is 10.2. The van der Waals surface area contributed by atoms with Crippen molar-refractivity contribution in [2.75, 3.05) is 18.5 Å². The van der Waals surface area contributed by atoms with Crippen molar-refractivity contribution in [1.82, 2.24) is 5.32 Å². The Kier molecular flexibility index (Phi) is 6.50. The standard InChI is InChI=1S/C17H16ClF3N2OS/c1-11-2-5-13(6-3-11)24-9-8-22-16(25)23-12-4-7-15(18)14(10-12)17(19,20)21/h2-7,10H,8-9H2,1H3,(H2,22,23,25). The highest BCUT2D eigenvalue weighted by molar-refractivity contribution is 7.80. The number of thiocarbonyl (C=S) groups is 1. The van der Waals surface area contributed by atoms with Crippen molar-refractivity contribution < 1.29 is 17.9 Å². The first-order valence-electron chi connectivity index (χ1n) is 7.37. The monoisotopic (exact) mass is 388 g/mol. The van der Waals surface area contributed by atoms with Crippen molar-refractivity contribution in [2.45, 2.75) is 13.1 Å². The van der Waals surface area contributed by atoms with Crippen LogP contribution in [0.3, 0.4) is 0 Å². The molecule has 2 aromatic rings. The average molecular weight is 389 g/mol. The first kappa shape index (κ1) is 19.3. The summed E-state index contributed by atoms with van der Waals surface area (Å²) in [6, 6.07) is 11.1. The van der Waals surface area contributed by atoms with Crippen molar-refractivity contribution in [3.63, 3.8) is 0 Å². The molecule has 0 aliphatic rings. The number of hydrogen-bond donors (Lipinski definition) is 2. The molecule has 2 rings (SSSR count). The quantitative estimate of drug-likeness (QED) is 0.556. The average Bonchev–Trinajstić information content (AvgIpc) is 2.54. The molecule has 0 bridgehead atoms. The lowest BCUT2D eigenvalue weighted by Gasteiger charge is -2.14. The summed E-state index contributed by atoms with van der Waals surface area (Å²) < 4.78 is 44.0. The van der Waals surface area contributed by atoms with Gasteiger partial charge in [-0.25, -0.2) is 0 Å². The van der Waals surface area contributed by atoms with Gasteiger partial charge in [-0.2, -0.15) is 13.2 Å². The summed E-state index contributed by atoms with van der Waals surface area (Å²) in [6.45, 7) is 2.75. The predicted octanol–water partition coefficient (Wildman–Crippen LogP) is 5.03. The van der Waals surface area contributed by atoms with Gasteiger partial charge >= 0.3 is 6.18 Å². The van der Waals surface area contributed by atoms with Crippen LogP contribution in [0.1, 0.15) is 11.1 Å². The maximum Gasteiger partial charge on any atom is 0.417 e. The van der Waals surface area contributed by atoms with E-state index in [-0.39, 0.29) is 15.8 Å². The molecule has 0 aliphatic heterocycles. The first-order valence-corrected chi connectivity index (χ1v) is 8.15. The predicted molar refractivity (Wildman–Crippen MR) is 97.4 cm³/mol. The summed E-state index contributed by atoms with van der Waals surface area (Å²) in [7, 11) is 0. The summed E-state index contributed by atoms with van der Waals surface area (Å²) in [5.41, 5.74) is 0.426. The third-order valence-corrected chi connectivity index (χ3v) is 3.78. The Balaban J connectivity index is 1.81. The Morgan fingerprint density at radius 3 is 2.48 bits per heavy atom. The summed E-state index contributed by atoms with van der Waals surface area (Å²) in [4.78, 5) is 0. The van der Waals surface area contributed by atoms with Gasteiger partial charge < -0.3 is 15.4 Å². The zero-order chi connectivity index (χ0) is 18.4. The maximum atomic E-state index is 12.8. The fraction of sp³-hybridized carbons (Fsp3) is 0.235. The number of anilines is 1. The van der Waals surface area contributed by atoms with E-state index in [9.17, 15) is 13.2 Å². The van der Waals surface area contributed by atoms with E-state index in [1.54, 1.807) is 0 Å². The van der Waals surface area contributed by atoms with Crippen LogP contribution in [0.2, 0.25) is 5.02 Å². The largest absolute Gasteiger partial charge is 0.492 e. The topological polar surface area (TPSA) is 33.3 Å². The molecule has 8 heteroatoms. The third-order valence-electron chi connectivity index (χ3n) is 3.21. The molecule has 0 saturated carbocycles. The molecular weight excluding hydrogens is 373 g/mol. The van der Waals surface area contributed by atoms with Gasteiger partial charge in [0.05, 0.1) is 17.1 Å². The lowest BCUT2D eigenvalue weighted by molar-refractivity contribution is -0.137. The van der Waals surface area contributed by atoms with E-state index in [4.69, 9.17) is 28.6 Å². The number of alkyl halides is 3. The van der Waals surface area contributed by atoms with Gasteiger partial charge in [-0.1, -0.05) is 29.3 Å². The third kappa shape index (κ3) is 6.10. The number of ether oxygens (including phenoxy) is 1. The number of benzene rings is 2. The molecule has 2 N–H and O–H groups in total. The maximum absolute atomic E-state index is 12.8. The van der Waals surface area contributed by atoms with Gasteiger partial charge in [-0.3, -0.25) is 0 Å². The highest BCUT2D eigenvalue weighted by atomic mass is 35.5. The first-order chi connectivity index (χ1) is 11.8. The van der Waals surface area contributed by atoms with Gasteiger partial charge in [0.2, 0.25) is 0 Å². The van der Waals surface area contributed by atoms with Crippen LogP contribution in [-0.2, 0) is 6.18 Å². The van der Waals surface area contributed by atoms with Gasteiger partial charge in [0.25, 0.3) is 0 Å². The fourth-order valence-electron chi connectivity index (χ4n) is 1.96. The van der Waals surface area contributed by atoms with Crippen molar-refractivity contribution in [1.29, 1.82) is 0 Å². The Labute approximate surface area is 154 Å². The fourth-order valence-corrected chi connectivity index (χ4v) is 2.41. The minimum Gasteiger partial charge on any atom is -0.492 e. The SMILES string of the molecule is Cc1ccc(OCCNC(=S)Nc2ccc(Cl)c(C(F)(F)F)c2)cc1. The van der Waals surface area contributed by atoms with E-state index in [1.807, 2.05) is 31.2 Å². The summed E-state index contributed by atoms with van der Waals surface area (Å²) >= 11 is 10.6. The molecule has 0 aliphatic carbocycles. The van der Waals surface area contributed by atoms with E-state index in [1.165, 1.54) is 12.1 Å². The van der Waals surface area contributed by atoms with E-state index in [0.29, 0.717) is 13.2 Å². The lowest BCUT2D eigenvalue weighted by Crippen LogP contribution is -2.32. The normalized spacial score (nSPS) is 11.1. The van der Waals surface area contributed by atoms with Crippen molar-refractivity contribution in [3.8, 4) is 5.75 Å². The highest BCUT2D eigenvalue weighted by Gasteiger charge is 2.33. The minimum atomic E-state index is -4.52. The summed E-state index contributed by atoms with van der Waals surface area (Å²) in [5, 5.41) is 5.40. The molecule has 0 unspecified atom stereocenters. The van der Waals surface area contributed by atoms with E-state index < -0.39 is 11.7 Å². The molecule has 0 atom stereocenters. The van der Waals surface area contributed by atoms with Gasteiger partial charge in [0.15, 0.2) is 5.11 Å². The molecule has 0 amide bonds. The molecule has 0 spiro atoms. The van der Waals surface area contributed by atoms with Gasteiger partial charge in [0.1, 0.15) is 12.4 Å². The molecule has 25 heavy (non-hydrogen) atoms. The molecule has 0 aromatic heterocycles. The van der Waals surface area contributed by atoms with Crippen LogP contribution in [0.4, 0.5) is 18.9 Å². The van der Waals surface area contributed by atoms with Crippen LogP contribution in [0.15, 0.2) is 42.5 Å². The Hall–Kier alpha value is -1.99. The van der Waals surface area contributed by atoms with Gasteiger partial charge in [0, 0.05) is 5.69 Å². The van der Waals surface area contributed by atoms with Crippen LogP contribution < -0.4 is 15.4 Å².